The van der Waals surface area contributed by atoms with E-state index < -0.39 is 18.0 Å². The molecule has 6 nitrogen and oxygen atoms in total. The second-order valence-corrected chi connectivity index (χ2v) is 3.62. The number of hydrogen-bond acceptors (Lipinski definition) is 4. The van der Waals surface area contributed by atoms with Gasteiger partial charge in [-0.1, -0.05) is 17.2 Å². The molecule has 0 fully saturated rings. The van der Waals surface area contributed by atoms with Crippen LogP contribution in [-0.2, 0) is 0 Å². The number of carbonyl (C=O) groups excluding carboxylic acids is 1. The monoisotopic (exact) mass is 253 g/mol. The van der Waals surface area contributed by atoms with Gasteiger partial charge in [-0.3, -0.25) is 4.79 Å². The molecule has 0 aromatic heterocycles. The zero-order valence-electron chi connectivity index (χ0n) is 9.40. The molecule has 0 aliphatic heterocycles. The highest BCUT2D eigenvalue weighted by Crippen LogP contribution is 2.23. The highest BCUT2D eigenvalue weighted by Gasteiger charge is 2.22. The minimum Gasteiger partial charge on any atom is -0.390 e. The summed E-state index contributed by atoms with van der Waals surface area (Å²) in [6, 6.07) is 3.78. The maximum Gasteiger partial charge on any atom is 0.153 e. The van der Waals surface area contributed by atoms with Gasteiger partial charge in [-0.25, -0.2) is 4.39 Å². The Morgan fingerprint density at radius 3 is 2.83 bits per heavy atom. The first-order valence-corrected chi connectivity index (χ1v) is 5.22. The predicted octanol–water partition coefficient (Wildman–Crippen LogP) is 1.73. The van der Waals surface area contributed by atoms with Crippen LogP contribution in [0.2, 0.25) is 0 Å². The van der Waals surface area contributed by atoms with Crippen LogP contribution in [-0.4, -0.2) is 29.1 Å². The number of carbonyl (C=O) groups is 1. The number of azide groups is 1. The second kappa shape index (κ2) is 6.70. The summed E-state index contributed by atoms with van der Waals surface area (Å²) in [5, 5.41) is 22.7. The predicted molar refractivity (Wildman–Crippen MR) is 61.4 cm³/mol. The fourth-order valence-corrected chi connectivity index (χ4v) is 1.54. The molecule has 0 heterocycles. The van der Waals surface area contributed by atoms with E-state index in [1.54, 1.807) is 0 Å². The largest absolute Gasteiger partial charge is 0.390 e. The van der Waals surface area contributed by atoms with Crippen molar-refractivity contribution in [1.82, 2.24) is 0 Å². The summed E-state index contributed by atoms with van der Waals surface area (Å²) >= 11 is 0. The second-order valence-electron chi connectivity index (χ2n) is 3.62. The van der Waals surface area contributed by atoms with Gasteiger partial charge in [0.15, 0.2) is 6.29 Å². The minimum atomic E-state index is -1.41. The van der Waals surface area contributed by atoms with Gasteiger partial charge in [0.25, 0.3) is 0 Å². The van der Waals surface area contributed by atoms with Gasteiger partial charge in [0.05, 0.1) is 11.7 Å². The van der Waals surface area contributed by atoms with Gasteiger partial charge < -0.3 is 10.2 Å². The average molecular weight is 253 g/mol. The minimum absolute atomic E-state index is 0.000461. The highest BCUT2D eigenvalue weighted by molar-refractivity contribution is 5.77. The number of benzene rings is 1. The van der Waals surface area contributed by atoms with Crippen LogP contribution in [0.3, 0.4) is 0 Å². The molecule has 0 aliphatic carbocycles. The van der Waals surface area contributed by atoms with Crippen molar-refractivity contribution in [3.05, 3.63) is 45.6 Å². The molecular formula is C11H12FN3O3. The molecule has 0 radical (unpaired) electrons. The van der Waals surface area contributed by atoms with E-state index in [1.165, 1.54) is 12.1 Å². The molecule has 1 aromatic carbocycles. The van der Waals surface area contributed by atoms with E-state index in [0.29, 0.717) is 0 Å². The van der Waals surface area contributed by atoms with E-state index >= 15 is 0 Å². The smallest absolute Gasteiger partial charge is 0.153 e. The molecule has 2 atom stereocenters. The van der Waals surface area contributed by atoms with Gasteiger partial charge in [-0.15, -0.1) is 0 Å². The van der Waals surface area contributed by atoms with Crippen LogP contribution in [0.4, 0.5) is 4.39 Å². The normalized spacial score (nSPS) is 13.5. The third-order valence-corrected chi connectivity index (χ3v) is 2.48. The summed E-state index contributed by atoms with van der Waals surface area (Å²) < 4.78 is 13.3. The number of hydrogen-bond donors (Lipinski definition) is 2. The molecule has 18 heavy (non-hydrogen) atoms. The first kappa shape index (κ1) is 14.1. The Balaban J connectivity index is 2.89. The van der Waals surface area contributed by atoms with Crippen molar-refractivity contribution in [2.45, 2.75) is 18.6 Å². The standard InChI is InChI=1S/C11H12FN3O3/c12-9-3-1-2-7(8(9)6-16)11(18)10(17)4-5-14-15-13/h1-3,6,10-11,17-18H,4-5H2. The lowest BCUT2D eigenvalue weighted by Gasteiger charge is -2.18. The van der Waals surface area contributed by atoms with Crippen molar-refractivity contribution in [1.29, 1.82) is 0 Å². The van der Waals surface area contributed by atoms with Crippen molar-refractivity contribution in [2.75, 3.05) is 6.54 Å². The van der Waals surface area contributed by atoms with Crippen molar-refractivity contribution >= 4 is 6.29 Å². The lowest BCUT2D eigenvalue weighted by Crippen LogP contribution is -2.20. The summed E-state index contributed by atoms with van der Waals surface area (Å²) in [7, 11) is 0. The first-order valence-electron chi connectivity index (χ1n) is 5.22. The van der Waals surface area contributed by atoms with Crippen molar-refractivity contribution < 1.29 is 19.4 Å². The summed E-state index contributed by atoms with van der Waals surface area (Å²) in [4.78, 5) is 13.2. The van der Waals surface area contributed by atoms with Crippen LogP contribution in [0.1, 0.15) is 28.4 Å². The van der Waals surface area contributed by atoms with Gasteiger partial charge in [0, 0.05) is 11.5 Å². The van der Waals surface area contributed by atoms with Crippen LogP contribution in [0.25, 0.3) is 10.4 Å². The Morgan fingerprint density at radius 1 is 1.50 bits per heavy atom. The number of nitrogens with zero attached hydrogens (tertiary/aromatic N) is 3. The van der Waals surface area contributed by atoms with Crippen LogP contribution in [0, 0.1) is 5.82 Å². The Bertz CT molecular complexity index is 475. The fraction of sp³-hybridized carbons (Fsp3) is 0.364. The number of aliphatic hydroxyl groups is 2. The Morgan fingerprint density at radius 2 is 2.22 bits per heavy atom. The van der Waals surface area contributed by atoms with E-state index in [9.17, 15) is 19.4 Å². The number of halogens is 1. The molecule has 96 valence electrons. The first-order chi connectivity index (χ1) is 8.61. The van der Waals surface area contributed by atoms with E-state index in [4.69, 9.17) is 5.53 Å². The zero-order valence-corrected chi connectivity index (χ0v) is 9.40. The van der Waals surface area contributed by atoms with Crippen molar-refractivity contribution in [3.63, 3.8) is 0 Å². The highest BCUT2D eigenvalue weighted by atomic mass is 19.1. The molecular weight excluding hydrogens is 241 g/mol. The maximum absolute atomic E-state index is 13.3. The number of rotatable bonds is 6. The molecule has 0 bridgehead atoms. The number of aliphatic hydroxyl groups excluding tert-OH is 2. The van der Waals surface area contributed by atoms with E-state index in [2.05, 4.69) is 10.0 Å². The van der Waals surface area contributed by atoms with Gasteiger partial charge in [0.2, 0.25) is 0 Å². The summed E-state index contributed by atoms with van der Waals surface area (Å²) in [5.74, 6) is -0.760. The molecule has 1 rings (SSSR count). The molecule has 0 saturated carbocycles. The Labute approximate surface area is 102 Å². The van der Waals surface area contributed by atoms with Gasteiger partial charge in [-0.2, -0.15) is 0 Å². The van der Waals surface area contributed by atoms with E-state index in [0.717, 1.165) is 6.07 Å². The van der Waals surface area contributed by atoms with E-state index in [1.807, 2.05) is 0 Å². The molecule has 0 amide bonds. The molecule has 2 unspecified atom stereocenters. The molecule has 0 spiro atoms. The summed E-state index contributed by atoms with van der Waals surface area (Å²) in [6.45, 7) is 0.000461. The molecule has 1 aromatic rings. The Kier molecular flexibility index (Phi) is 5.26. The fourth-order valence-electron chi connectivity index (χ4n) is 1.54. The van der Waals surface area contributed by atoms with Crippen molar-refractivity contribution in [3.8, 4) is 0 Å². The topological polar surface area (TPSA) is 106 Å². The van der Waals surface area contributed by atoms with Gasteiger partial charge >= 0.3 is 0 Å². The quantitative estimate of drug-likeness (QED) is 0.349. The lowest BCUT2D eigenvalue weighted by atomic mass is 9.97. The summed E-state index contributed by atoms with van der Waals surface area (Å²) in [6.07, 6.45) is -2.35. The zero-order chi connectivity index (χ0) is 13.5. The van der Waals surface area contributed by atoms with E-state index in [-0.39, 0.29) is 30.4 Å². The van der Waals surface area contributed by atoms with Crippen LogP contribution < -0.4 is 0 Å². The SMILES string of the molecule is [N-]=[N+]=NCCC(O)C(O)c1cccc(F)c1C=O. The van der Waals surface area contributed by atoms with Crippen molar-refractivity contribution in [2.24, 2.45) is 5.11 Å². The van der Waals surface area contributed by atoms with Gasteiger partial charge in [0.1, 0.15) is 11.9 Å². The van der Waals surface area contributed by atoms with Crippen LogP contribution in [0.15, 0.2) is 23.3 Å². The molecule has 0 saturated heterocycles. The molecule has 2 N–H and O–H groups in total. The maximum atomic E-state index is 13.3. The third-order valence-electron chi connectivity index (χ3n) is 2.48. The molecule has 7 heteroatoms. The average Bonchev–Trinajstić information content (AvgIpc) is 2.37. The summed E-state index contributed by atoms with van der Waals surface area (Å²) in [5.41, 5.74) is 7.80. The third kappa shape index (κ3) is 3.27. The van der Waals surface area contributed by atoms with Gasteiger partial charge in [-0.05, 0) is 23.6 Å². The van der Waals surface area contributed by atoms with Crippen LogP contribution >= 0.6 is 0 Å². The number of aldehydes is 1. The lowest BCUT2D eigenvalue weighted by molar-refractivity contribution is 0.0145. The molecule has 0 aliphatic rings. The Hall–Kier alpha value is -1.95. The van der Waals surface area contributed by atoms with Crippen LogP contribution in [0.5, 0.6) is 0 Å².